The number of anilines is 1. The summed E-state index contributed by atoms with van der Waals surface area (Å²) in [6.45, 7) is 3.32. The molecule has 2 N–H and O–H groups in total. The SMILES string of the molecule is CC(NC(=O)c1cccc2c1N(Cc1ccc(Cl)c(Cl)c1)CC2)c1ccc(C(=O)O)cc1. The van der Waals surface area contributed by atoms with E-state index in [-0.39, 0.29) is 17.5 Å². The first-order chi connectivity index (χ1) is 15.3. The Morgan fingerprint density at radius 1 is 1.06 bits per heavy atom. The summed E-state index contributed by atoms with van der Waals surface area (Å²) in [6.07, 6.45) is 0.865. The normalized spacial score (nSPS) is 13.5. The number of carboxylic acid groups (broad SMARTS) is 1. The molecule has 32 heavy (non-hydrogen) atoms. The summed E-state index contributed by atoms with van der Waals surface area (Å²) in [6, 6.07) is 17.6. The number of carbonyl (C=O) groups is 2. The van der Waals surface area contributed by atoms with Crippen LogP contribution in [0.25, 0.3) is 0 Å². The van der Waals surface area contributed by atoms with Crippen molar-refractivity contribution >= 4 is 40.8 Å². The summed E-state index contributed by atoms with van der Waals surface area (Å²) in [7, 11) is 0. The fourth-order valence-corrected chi connectivity index (χ4v) is 4.33. The zero-order valence-corrected chi connectivity index (χ0v) is 19.0. The summed E-state index contributed by atoms with van der Waals surface area (Å²) >= 11 is 12.2. The zero-order chi connectivity index (χ0) is 22.8. The van der Waals surface area contributed by atoms with Crippen molar-refractivity contribution in [1.29, 1.82) is 0 Å². The second-order valence-corrected chi connectivity index (χ2v) is 8.67. The molecule has 1 aliphatic rings. The molecule has 1 unspecified atom stereocenters. The number of fused-ring (bicyclic) bond motifs is 1. The number of nitrogens with one attached hydrogen (secondary N) is 1. The molecular weight excluding hydrogens is 447 g/mol. The Morgan fingerprint density at radius 2 is 1.81 bits per heavy atom. The smallest absolute Gasteiger partial charge is 0.335 e. The van der Waals surface area contributed by atoms with Crippen LogP contribution >= 0.6 is 23.2 Å². The van der Waals surface area contributed by atoms with Crippen LogP contribution in [-0.2, 0) is 13.0 Å². The van der Waals surface area contributed by atoms with E-state index in [1.165, 1.54) is 0 Å². The van der Waals surface area contributed by atoms with Gasteiger partial charge in [0.15, 0.2) is 0 Å². The molecule has 0 radical (unpaired) electrons. The number of halogens is 2. The quantitative estimate of drug-likeness (QED) is 0.483. The number of hydrogen-bond acceptors (Lipinski definition) is 3. The third-order valence-electron chi connectivity index (χ3n) is 5.69. The van der Waals surface area contributed by atoms with Crippen LogP contribution in [0.2, 0.25) is 10.0 Å². The first-order valence-electron chi connectivity index (χ1n) is 10.3. The first-order valence-corrected chi connectivity index (χ1v) is 11.0. The van der Waals surface area contributed by atoms with Gasteiger partial charge in [0, 0.05) is 13.1 Å². The molecule has 5 nitrogen and oxygen atoms in total. The van der Waals surface area contributed by atoms with Gasteiger partial charge in [0.1, 0.15) is 0 Å². The van der Waals surface area contributed by atoms with E-state index in [0.29, 0.717) is 22.2 Å². The van der Waals surface area contributed by atoms with Crippen LogP contribution in [0.15, 0.2) is 60.7 Å². The zero-order valence-electron chi connectivity index (χ0n) is 17.4. The van der Waals surface area contributed by atoms with E-state index in [2.05, 4.69) is 16.3 Å². The molecule has 0 spiro atoms. The molecule has 1 aliphatic heterocycles. The molecular formula is C25H22Cl2N2O3. The minimum absolute atomic E-state index is 0.169. The molecule has 0 saturated heterocycles. The van der Waals surface area contributed by atoms with Gasteiger partial charge in [-0.25, -0.2) is 4.79 Å². The lowest BCUT2D eigenvalue weighted by Gasteiger charge is -2.23. The van der Waals surface area contributed by atoms with E-state index < -0.39 is 5.97 Å². The molecule has 3 aromatic carbocycles. The standard InChI is InChI=1S/C25H22Cl2N2O3/c1-15(17-6-8-19(9-7-17)25(31)32)28-24(30)20-4-2-3-18-11-12-29(23(18)20)14-16-5-10-21(26)22(27)13-16/h2-10,13,15H,11-12,14H2,1H3,(H,28,30)(H,31,32). The van der Waals surface area contributed by atoms with Gasteiger partial charge in [0.2, 0.25) is 0 Å². The number of amides is 1. The second kappa shape index (κ2) is 9.23. The molecule has 0 aromatic heterocycles. The fourth-order valence-electron chi connectivity index (χ4n) is 4.01. The van der Waals surface area contributed by atoms with Gasteiger partial charge < -0.3 is 15.3 Å². The van der Waals surface area contributed by atoms with E-state index in [1.54, 1.807) is 30.3 Å². The Labute approximate surface area is 196 Å². The molecule has 0 fully saturated rings. The number of carboxylic acids is 1. The van der Waals surface area contributed by atoms with Crippen molar-refractivity contribution in [3.8, 4) is 0 Å². The highest BCUT2D eigenvalue weighted by Crippen LogP contribution is 2.34. The molecule has 0 aliphatic carbocycles. The highest BCUT2D eigenvalue weighted by atomic mass is 35.5. The van der Waals surface area contributed by atoms with Crippen LogP contribution in [0.4, 0.5) is 5.69 Å². The van der Waals surface area contributed by atoms with E-state index in [9.17, 15) is 9.59 Å². The van der Waals surface area contributed by atoms with Gasteiger partial charge in [-0.05, 0) is 60.4 Å². The second-order valence-electron chi connectivity index (χ2n) is 7.86. The summed E-state index contributed by atoms with van der Waals surface area (Å²) in [5.41, 5.74) is 4.76. The highest BCUT2D eigenvalue weighted by Gasteiger charge is 2.26. The van der Waals surface area contributed by atoms with Gasteiger partial charge in [0.25, 0.3) is 5.91 Å². The van der Waals surface area contributed by atoms with Crippen molar-refractivity contribution in [2.75, 3.05) is 11.4 Å². The summed E-state index contributed by atoms with van der Waals surface area (Å²) < 4.78 is 0. The fraction of sp³-hybridized carbons (Fsp3) is 0.200. The maximum Gasteiger partial charge on any atom is 0.335 e. The molecule has 4 rings (SSSR count). The summed E-state index contributed by atoms with van der Waals surface area (Å²) in [4.78, 5) is 26.4. The molecule has 1 amide bonds. The van der Waals surface area contributed by atoms with Crippen LogP contribution in [0.3, 0.4) is 0 Å². The lowest BCUT2D eigenvalue weighted by Crippen LogP contribution is -2.29. The Morgan fingerprint density at radius 3 is 2.50 bits per heavy atom. The molecule has 164 valence electrons. The summed E-state index contributed by atoms with van der Waals surface area (Å²) in [5.74, 6) is -1.15. The van der Waals surface area contributed by atoms with Gasteiger partial charge in [-0.2, -0.15) is 0 Å². The Bertz CT molecular complexity index is 1180. The Hall–Kier alpha value is -3.02. The summed E-state index contributed by atoms with van der Waals surface area (Å²) in [5, 5.41) is 13.1. The van der Waals surface area contributed by atoms with Gasteiger partial charge in [0.05, 0.1) is 32.9 Å². The third kappa shape index (κ3) is 4.59. The highest BCUT2D eigenvalue weighted by molar-refractivity contribution is 6.42. The number of aromatic carboxylic acids is 1. The van der Waals surface area contributed by atoms with Crippen molar-refractivity contribution < 1.29 is 14.7 Å². The van der Waals surface area contributed by atoms with E-state index in [4.69, 9.17) is 28.3 Å². The van der Waals surface area contributed by atoms with Crippen molar-refractivity contribution in [3.63, 3.8) is 0 Å². The van der Waals surface area contributed by atoms with Gasteiger partial charge in [-0.3, -0.25) is 4.79 Å². The lowest BCUT2D eigenvalue weighted by atomic mass is 10.0. The number of benzene rings is 3. The van der Waals surface area contributed by atoms with Crippen LogP contribution in [0, 0.1) is 0 Å². The largest absolute Gasteiger partial charge is 0.478 e. The third-order valence-corrected chi connectivity index (χ3v) is 6.43. The number of nitrogens with zero attached hydrogens (tertiary/aromatic N) is 1. The van der Waals surface area contributed by atoms with Gasteiger partial charge in [-0.15, -0.1) is 0 Å². The predicted octanol–water partition coefficient (Wildman–Crippen LogP) is 5.75. The minimum atomic E-state index is -0.977. The maximum atomic E-state index is 13.2. The average molecular weight is 469 g/mol. The first kappa shape index (κ1) is 22.2. The number of rotatable bonds is 6. The van der Waals surface area contributed by atoms with Gasteiger partial charge >= 0.3 is 5.97 Å². The molecule has 0 saturated carbocycles. The molecule has 0 bridgehead atoms. The van der Waals surface area contributed by atoms with E-state index >= 15 is 0 Å². The van der Waals surface area contributed by atoms with Crippen LogP contribution < -0.4 is 10.2 Å². The Kier molecular flexibility index (Phi) is 6.40. The van der Waals surface area contributed by atoms with E-state index in [1.807, 2.05) is 31.2 Å². The van der Waals surface area contributed by atoms with Crippen molar-refractivity contribution in [2.45, 2.75) is 25.9 Å². The molecule has 1 atom stereocenters. The lowest BCUT2D eigenvalue weighted by molar-refractivity contribution is 0.0696. The van der Waals surface area contributed by atoms with Crippen molar-refractivity contribution in [1.82, 2.24) is 5.32 Å². The molecule has 1 heterocycles. The van der Waals surface area contributed by atoms with Crippen molar-refractivity contribution in [3.05, 3.63) is 98.5 Å². The molecule has 3 aromatic rings. The topological polar surface area (TPSA) is 69.6 Å². The predicted molar refractivity (Wildman–Crippen MR) is 127 cm³/mol. The van der Waals surface area contributed by atoms with Gasteiger partial charge in [-0.1, -0.05) is 53.5 Å². The Balaban J connectivity index is 1.54. The van der Waals surface area contributed by atoms with E-state index in [0.717, 1.165) is 35.3 Å². The number of carbonyl (C=O) groups excluding carboxylic acids is 1. The van der Waals surface area contributed by atoms with Crippen LogP contribution in [-0.4, -0.2) is 23.5 Å². The monoisotopic (exact) mass is 468 g/mol. The number of hydrogen-bond donors (Lipinski definition) is 2. The maximum absolute atomic E-state index is 13.2. The van der Waals surface area contributed by atoms with Crippen LogP contribution in [0.1, 0.15) is 50.4 Å². The average Bonchev–Trinajstić information content (AvgIpc) is 3.19. The van der Waals surface area contributed by atoms with Crippen LogP contribution in [0.5, 0.6) is 0 Å². The molecule has 7 heteroatoms. The minimum Gasteiger partial charge on any atom is -0.478 e. The van der Waals surface area contributed by atoms with Crippen molar-refractivity contribution in [2.24, 2.45) is 0 Å². The number of para-hydroxylation sites is 1.